The van der Waals surface area contributed by atoms with E-state index in [1.165, 1.54) is 0 Å². The first-order chi connectivity index (χ1) is 12.1. The lowest BCUT2D eigenvalue weighted by atomic mass is 10.2. The van der Waals surface area contributed by atoms with Crippen LogP contribution in [0.2, 0.25) is 0 Å². The summed E-state index contributed by atoms with van der Waals surface area (Å²) in [6.07, 6.45) is 4.90. The second kappa shape index (κ2) is 10.3. The van der Waals surface area contributed by atoms with Crippen LogP contribution < -0.4 is 0 Å². The first-order valence-electron chi connectivity index (χ1n) is 9.34. The topological polar surface area (TPSA) is 32.3 Å². The van der Waals surface area contributed by atoms with Gasteiger partial charge in [0, 0.05) is 50.7 Å². The molecule has 0 aromatic carbocycles. The molecule has 0 spiro atoms. The van der Waals surface area contributed by atoms with E-state index in [-0.39, 0.29) is 0 Å². The van der Waals surface area contributed by atoms with Crippen molar-refractivity contribution >= 4 is 0 Å². The van der Waals surface area contributed by atoms with E-state index in [1.807, 2.05) is 24.5 Å². The molecule has 0 aliphatic rings. The van der Waals surface area contributed by atoms with Gasteiger partial charge in [0.05, 0.1) is 11.4 Å². The van der Waals surface area contributed by atoms with Gasteiger partial charge in [-0.2, -0.15) is 0 Å². The second-order valence-electron chi connectivity index (χ2n) is 7.12. The number of hydrogen-bond donors (Lipinski definition) is 0. The molecule has 0 amide bonds. The summed E-state index contributed by atoms with van der Waals surface area (Å²) in [5.74, 6) is 0. The Kier molecular flexibility index (Phi) is 8.02. The lowest BCUT2D eigenvalue weighted by Gasteiger charge is -2.30. The van der Waals surface area contributed by atoms with Gasteiger partial charge >= 0.3 is 0 Å². The molecule has 136 valence electrons. The summed E-state index contributed by atoms with van der Waals surface area (Å²) >= 11 is 0. The number of pyridine rings is 2. The van der Waals surface area contributed by atoms with Crippen molar-refractivity contribution < 1.29 is 0 Å². The van der Waals surface area contributed by atoms with Crippen molar-refractivity contribution in [2.45, 2.75) is 59.3 Å². The maximum absolute atomic E-state index is 4.47. The van der Waals surface area contributed by atoms with Gasteiger partial charge in [0.1, 0.15) is 0 Å². The quantitative estimate of drug-likeness (QED) is 0.655. The highest BCUT2D eigenvalue weighted by Crippen LogP contribution is 2.10. The predicted molar refractivity (Wildman–Crippen MR) is 104 cm³/mol. The van der Waals surface area contributed by atoms with Gasteiger partial charge < -0.3 is 0 Å². The van der Waals surface area contributed by atoms with E-state index in [0.717, 1.165) is 44.0 Å². The lowest BCUT2D eigenvalue weighted by molar-refractivity contribution is 0.167. The normalized spacial score (nSPS) is 11.8. The molecule has 2 aromatic rings. The maximum Gasteiger partial charge on any atom is 0.0544 e. The molecule has 0 unspecified atom stereocenters. The highest BCUT2D eigenvalue weighted by Gasteiger charge is 2.14. The molecule has 0 bridgehead atoms. The summed E-state index contributed by atoms with van der Waals surface area (Å²) in [5, 5.41) is 0. The Bertz CT molecular complexity index is 530. The van der Waals surface area contributed by atoms with Crippen molar-refractivity contribution in [1.29, 1.82) is 0 Å². The molecule has 25 heavy (non-hydrogen) atoms. The molecule has 0 N–H and O–H groups in total. The minimum Gasteiger partial charge on any atom is -0.295 e. The van der Waals surface area contributed by atoms with Crippen molar-refractivity contribution in [2.24, 2.45) is 0 Å². The molecule has 4 heteroatoms. The minimum atomic E-state index is 0.519. The maximum atomic E-state index is 4.47. The molecule has 0 atom stereocenters. The van der Waals surface area contributed by atoms with Crippen LogP contribution in [0.3, 0.4) is 0 Å². The third kappa shape index (κ3) is 6.92. The largest absolute Gasteiger partial charge is 0.295 e. The highest BCUT2D eigenvalue weighted by atomic mass is 15.2. The Hall–Kier alpha value is -1.78. The van der Waals surface area contributed by atoms with Gasteiger partial charge in [-0.25, -0.2) is 0 Å². The van der Waals surface area contributed by atoms with E-state index in [0.29, 0.717) is 12.1 Å². The van der Waals surface area contributed by atoms with Crippen molar-refractivity contribution in [3.05, 3.63) is 60.2 Å². The first kappa shape index (κ1) is 19.5. The molecule has 2 aromatic heterocycles. The average Bonchev–Trinajstić information content (AvgIpc) is 2.61. The van der Waals surface area contributed by atoms with Crippen molar-refractivity contribution in [3.8, 4) is 0 Å². The zero-order valence-corrected chi connectivity index (χ0v) is 16.1. The summed E-state index contributed by atoms with van der Waals surface area (Å²) in [5.41, 5.74) is 2.29. The van der Waals surface area contributed by atoms with Gasteiger partial charge in [-0.15, -0.1) is 0 Å². The summed E-state index contributed by atoms with van der Waals surface area (Å²) in [7, 11) is 0. The molecule has 0 saturated heterocycles. The Morgan fingerprint density at radius 1 is 0.720 bits per heavy atom. The molecule has 0 fully saturated rings. The average molecular weight is 341 g/mol. The van der Waals surface area contributed by atoms with Gasteiger partial charge in [-0.1, -0.05) is 12.1 Å². The number of rotatable bonds is 10. The van der Waals surface area contributed by atoms with Gasteiger partial charge in [0.15, 0.2) is 0 Å². The van der Waals surface area contributed by atoms with Crippen LogP contribution in [0.25, 0.3) is 0 Å². The van der Waals surface area contributed by atoms with Crippen molar-refractivity contribution in [1.82, 2.24) is 19.8 Å². The third-order valence-corrected chi connectivity index (χ3v) is 4.53. The van der Waals surface area contributed by atoms with E-state index < -0.39 is 0 Å². The molecule has 4 nitrogen and oxygen atoms in total. The zero-order valence-electron chi connectivity index (χ0n) is 16.1. The van der Waals surface area contributed by atoms with Crippen LogP contribution in [0.1, 0.15) is 45.5 Å². The van der Waals surface area contributed by atoms with Gasteiger partial charge in [-0.3, -0.25) is 19.8 Å². The molecule has 2 rings (SSSR count). The summed E-state index contributed by atoms with van der Waals surface area (Å²) < 4.78 is 0. The van der Waals surface area contributed by atoms with E-state index in [1.54, 1.807) is 0 Å². The van der Waals surface area contributed by atoms with Crippen LogP contribution >= 0.6 is 0 Å². The van der Waals surface area contributed by atoms with E-state index in [2.05, 4.69) is 71.7 Å². The minimum absolute atomic E-state index is 0.519. The molecule has 0 aliphatic carbocycles. The summed E-state index contributed by atoms with van der Waals surface area (Å²) in [6.45, 7) is 13.0. The third-order valence-electron chi connectivity index (χ3n) is 4.53. The second-order valence-corrected chi connectivity index (χ2v) is 7.12. The molecular weight excluding hydrogens is 308 g/mol. The summed E-state index contributed by atoms with van der Waals surface area (Å²) in [4.78, 5) is 13.9. The fourth-order valence-corrected chi connectivity index (χ4v) is 2.92. The van der Waals surface area contributed by atoms with Crippen molar-refractivity contribution in [2.75, 3.05) is 13.1 Å². The van der Waals surface area contributed by atoms with Crippen LogP contribution in [0.15, 0.2) is 48.8 Å². The predicted octanol–water partition coefficient (Wildman–Crippen LogP) is 3.99. The van der Waals surface area contributed by atoms with E-state index >= 15 is 0 Å². The zero-order chi connectivity index (χ0) is 18.1. The summed E-state index contributed by atoms with van der Waals surface area (Å²) in [6, 6.07) is 13.3. The van der Waals surface area contributed by atoms with E-state index in [4.69, 9.17) is 0 Å². The Balaban J connectivity index is 1.86. The van der Waals surface area contributed by atoms with Gasteiger partial charge in [-0.05, 0) is 58.4 Å². The molecule has 0 aliphatic heterocycles. The van der Waals surface area contributed by atoms with Gasteiger partial charge in [0.2, 0.25) is 0 Å². The standard InChI is InChI=1S/C21H32N4/c1-18(2)24(16-20-10-5-7-12-22-20)14-9-15-25(19(3)4)17-21-11-6-8-13-23-21/h5-8,10-13,18-19H,9,14-17H2,1-4H3. The van der Waals surface area contributed by atoms with Crippen LogP contribution in [-0.4, -0.2) is 44.9 Å². The first-order valence-corrected chi connectivity index (χ1v) is 9.34. The fourth-order valence-electron chi connectivity index (χ4n) is 2.92. The van der Waals surface area contributed by atoms with Crippen molar-refractivity contribution in [3.63, 3.8) is 0 Å². The Morgan fingerprint density at radius 3 is 1.48 bits per heavy atom. The van der Waals surface area contributed by atoms with Crippen LogP contribution in [-0.2, 0) is 13.1 Å². The Morgan fingerprint density at radius 2 is 1.16 bits per heavy atom. The molecule has 0 saturated carbocycles. The molecule has 0 radical (unpaired) electrons. The molecular formula is C21H32N4. The lowest BCUT2D eigenvalue weighted by Crippen LogP contribution is -2.36. The van der Waals surface area contributed by atoms with E-state index in [9.17, 15) is 0 Å². The number of hydrogen-bond acceptors (Lipinski definition) is 4. The SMILES string of the molecule is CC(C)N(CCCN(Cc1ccccn1)C(C)C)Cc1ccccn1. The highest BCUT2D eigenvalue weighted by molar-refractivity contribution is 5.04. The van der Waals surface area contributed by atoms with Crippen LogP contribution in [0.4, 0.5) is 0 Å². The molecule has 2 heterocycles. The number of nitrogens with zero attached hydrogens (tertiary/aromatic N) is 4. The van der Waals surface area contributed by atoms with Crippen LogP contribution in [0, 0.1) is 0 Å². The number of aromatic nitrogens is 2. The van der Waals surface area contributed by atoms with Gasteiger partial charge in [0.25, 0.3) is 0 Å². The van der Waals surface area contributed by atoms with Crippen LogP contribution in [0.5, 0.6) is 0 Å². The smallest absolute Gasteiger partial charge is 0.0544 e. The Labute approximate surface area is 152 Å². The fraction of sp³-hybridized carbons (Fsp3) is 0.524. The monoisotopic (exact) mass is 340 g/mol.